The third kappa shape index (κ3) is 3.36. The second-order valence-electron chi connectivity index (χ2n) is 4.50. The Morgan fingerprint density at radius 3 is 2.86 bits per heavy atom. The fourth-order valence-electron chi connectivity index (χ4n) is 2.05. The van der Waals surface area contributed by atoms with Crippen molar-refractivity contribution in [3.8, 4) is 12.3 Å². The average Bonchev–Trinajstić information content (AvgIpc) is 2.89. The minimum absolute atomic E-state index is 0.00966. The first-order chi connectivity index (χ1) is 10.1. The van der Waals surface area contributed by atoms with Gasteiger partial charge in [-0.05, 0) is 12.5 Å². The van der Waals surface area contributed by atoms with Crippen LogP contribution in [0.2, 0.25) is 0 Å². The molecule has 0 aliphatic heterocycles. The van der Waals surface area contributed by atoms with Gasteiger partial charge >= 0.3 is 0 Å². The lowest BCUT2D eigenvalue weighted by Gasteiger charge is -2.16. The van der Waals surface area contributed by atoms with Crippen molar-refractivity contribution >= 4 is 5.78 Å². The highest BCUT2D eigenvalue weighted by molar-refractivity contribution is 5.95. The van der Waals surface area contributed by atoms with Crippen LogP contribution in [0.1, 0.15) is 29.0 Å². The van der Waals surface area contributed by atoms with E-state index in [0.29, 0.717) is 0 Å². The normalized spacial score (nSPS) is 11.9. The molecule has 5 heteroatoms. The van der Waals surface area contributed by atoms with Crippen LogP contribution in [0.15, 0.2) is 36.7 Å². The Morgan fingerprint density at radius 2 is 2.19 bits per heavy atom. The summed E-state index contributed by atoms with van der Waals surface area (Å²) in [4.78, 5) is 15.7. The molecule has 0 saturated heterocycles. The van der Waals surface area contributed by atoms with Crippen molar-refractivity contribution in [2.45, 2.75) is 13.0 Å². The molecule has 1 aromatic heterocycles. The van der Waals surface area contributed by atoms with Gasteiger partial charge in [-0.3, -0.25) is 4.79 Å². The van der Waals surface area contributed by atoms with Gasteiger partial charge in [0.05, 0.1) is 12.4 Å². The molecular formula is C16H15FN2O2. The van der Waals surface area contributed by atoms with Crippen molar-refractivity contribution in [2.24, 2.45) is 0 Å². The first-order valence-corrected chi connectivity index (χ1v) is 6.46. The number of carbonyl (C=O) groups excluding carboxylic acids is 1. The van der Waals surface area contributed by atoms with Crippen LogP contribution in [0.3, 0.4) is 0 Å². The van der Waals surface area contributed by atoms with E-state index in [4.69, 9.17) is 11.2 Å². The van der Waals surface area contributed by atoms with Crippen LogP contribution < -0.4 is 0 Å². The summed E-state index contributed by atoms with van der Waals surface area (Å²) < 4.78 is 20.3. The van der Waals surface area contributed by atoms with E-state index >= 15 is 0 Å². The van der Waals surface area contributed by atoms with E-state index in [0.717, 1.165) is 5.56 Å². The molecule has 0 unspecified atom stereocenters. The maximum atomic E-state index is 13.8. The number of aromatic nitrogens is 2. The van der Waals surface area contributed by atoms with Crippen LogP contribution in [-0.2, 0) is 4.74 Å². The number of rotatable bonds is 6. The van der Waals surface area contributed by atoms with Gasteiger partial charge in [0.15, 0.2) is 0 Å². The Bertz CT molecular complexity index is 659. The summed E-state index contributed by atoms with van der Waals surface area (Å²) in [5, 5.41) is 0. The van der Waals surface area contributed by atoms with Crippen molar-refractivity contribution < 1.29 is 13.9 Å². The number of nitrogens with zero attached hydrogens (tertiary/aromatic N) is 2. The number of hydrogen-bond donors (Lipinski definition) is 0. The third-order valence-electron chi connectivity index (χ3n) is 3.13. The summed E-state index contributed by atoms with van der Waals surface area (Å²) in [6.07, 6.45) is 6.36. The number of carbonyl (C=O) groups is 1. The molecule has 21 heavy (non-hydrogen) atoms. The molecule has 1 aromatic carbocycles. The van der Waals surface area contributed by atoms with Gasteiger partial charge in [0.25, 0.3) is 0 Å². The van der Waals surface area contributed by atoms with Gasteiger partial charge in [0.1, 0.15) is 18.9 Å². The third-order valence-corrected chi connectivity index (χ3v) is 3.13. The van der Waals surface area contributed by atoms with Gasteiger partial charge in [0, 0.05) is 0 Å². The fraction of sp³-hybridized carbons (Fsp3) is 0.250. The molecule has 0 aliphatic carbocycles. The van der Waals surface area contributed by atoms with Crippen molar-refractivity contribution in [1.29, 1.82) is 0 Å². The smallest absolute Gasteiger partial charge is 0.242 e. The molecular weight excluding hydrogens is 271 g/mol. The predicted octanol–water partition coefficient (Wildman–Crippen LogP) is 2.46. The quantitative estimate of drug-likeness (QED) is 0.465. The molecule has 0 saturated carbocycles. The van der Waals surface area contributed by atoms with Gasteiger partial charge in [0.2, 0.25) is 11.7 Å². The topological polar surface area (TPSA) is 44.1 Å². The van der Waals surface area contributed by atoms with Gasteiger partial charge < -0.3 is 9.30 Å². The number of hydrogen-bond acceptors (Lipinski definition) is 3. The number of Topliss-reactive ketones (excluding diaryl/α,β-unsaturated/α-hetero) is 1. The van der Waals surface area contributed by atoms with Gasteiger partial charge in [-0.2, -0.15) is 4.39 Å². The van der Waals surface area contributed by atoms with E-state index in [2.05, 4.69) is 10.9 Å². The first-order valence-electron chi connectivity index (χ1n) is 6.46. The van der Waals surface area contributed by atoms with Crippen LogP contribution in [0.25, 0.3) is 0 Å². The molecule has 2 rings (SSSR count). The molecule has 108 valence electrons. The molecule has 1 heterocycles. The zero-order valence-electron chi connectivity index (χ0n) is 11.6. The second-order valence-corrected chi connectivity index (χ2v) is 4.50. The van der Waals surface area contributed by atoms with Crippen LogP contribution >= 0.6 is 0 Å². The van der Waals surface area contributed by atoms with Gasteiger partial charge in [-0.1, -0.05) is 36.3 Å². The summed E-state index contributed by atoms with van der Waals surface area (Å²) in [5.41, 5.74) is 0.858. The summed E-state index contributed by atoms with van der Waals surface area (Å²) in [7, 11) is 0. The molecule has 1 atom stereocenters. The Morgan fingerprint density at radius 1 is 1.48 bits per heavy atom. The predicted molar refractivity (Wildman–Crippen MR) is 76.4 cm³/mol. The lowest BCUT2D eigenvalue weighted by atomic mass is 10.1. The Balaban J connectivity index is 2.26. The highest BCUT2D eigenvalue weighted by Gasteiger charge is 2.22. The number of halogens is 1. The first kappa shape index (κ1) is 14.9. The fourth-order valence-corrected chi connectivity index (χ4v) is 2.05. The minimum Gasteiger partial charge on any atom is -0.361 e. The lowest BCUT2D eigenvalue weighted by Crippen LogP contribution is -2.18. The second kappa shape index (κ2) is 6.82. The summed E-state index contributed by atoms with van der Waals surface area (Å²) in [6, 6.07) is 9.27. The van der Waals surface area contributed by atoms with E-state index in [1.807, 2.05) is 37.3 Å². The molecule has 0 aliphatic rings. The van der Waals surface area contributed by atoms with Crippen LogP contribution in [0.4, 0.5) is 4.39 Å². The number of terminal acetylenes is 1. The highest BCUT2D eigenvalue weighted by atomic mass is 19.1. The molecule has 0 radical (unpaired) electrons. The molecule has 0 amide bonds. The van der Waals surface area contributed by atoms with E-state index < -0.39 is 11.7 Å². The van der Waals surface area contributed by atoms with Crippen LogP contribution in [0.5, 0.6) is 0 Å². The van der Waals surface area contributed by atoms with E-state index in [-0.39, 0.29) is 24.9 Å². The number of ether oxygens (including phenoxy) is 1. The van der Waals surface area contributed by atoms with Crippen LogP contribution in [-0.4, -0.2) is 28.5 Å². The van der Waals surface area contributed by atoms with Crippen molar-refractivity contribution in [2.75, 3.05) is 13.2 Å². The van der Waals surface area contributed by atoms with Gasteiger partial charge in [-0.25, -0.2) is 4.98 Å². The largest absolute Gasteiger partial charge is 0.361 e. The van der Waals surface area contributed by atoms with Crippen LogP contribution in [0, 0.1) is 18.3 Å². The maximum Gasteiger partial charge on any atom is 0.242 e. The lowest BCUT2D eigenvalue weighted by molar-refractivity contribution is 0.0797. The molecule has 4 nitrogen and oxygen atoms in total. The zero-order valence-corrected chi connectivity index (χ0v) is 11.6. The minimum atomic E-state index is -0.799. The van der Waals surface area contributed by atoms with E-state index in [1.165, 1.54) is 10.9 Å². The highest BCUT2D eigenvalue weighted by Crippen LogP contribution is 2.21. The molecule has 0 spiro atoms. The Kier molecular flexibility index (Phi) is 4.85. The van der Waals surface area contributed by atoms with E-state index in [9.17, 15) is 9.18 Å². The standard InChI is InChI=1S/C16H15FN2O2/c1-3-9-21-10-14(20)15-16(17)18-11-19(15)12(2)13-7-5-4-6-8-13/h1,4-8,11-12H,9-10H2,2H3/t12-/m1/s1. The Labute approximate surface area is 122 Å². The SMILES string of the molecule is C#CCOCC(=O)c1c(F)ncn1[C@H](C)c1ccccc1. The summed E-state index contributed by atoms with van der Waals surface area (Å²) in [5.74, 6) is 0.973. The number of ketones is 1. The number of benzene rings is 1. The van der Waals surface area contributed by atoms with E-state index in [1.54, 1.807) is 0 Å². The molecule has 2 aromatic rings. The average molecular weight is 286 g/mol. The van der Waals surface area contributed by atoms with Gasteiger partial charge in [-0.15, -0.1) is 6.42 Å². The zero-order chi connectivity index (χ0) is 15.2. The van der Waals surface area contributed by atoms with Crippen molar-refractivity contribution in [1.82, 2.24) is 9.55 Å². The molecule has 0 N–H and O–H groups in total. The van der Waals surface area contributed by atoms with Crippen molar-refractivity contribution in [3.05, 3.63) is 53.9 Å². The van der Waals surface area contributed by atoms with Crippen molar-refractivity contribution in [3.63, 3.8) is 0 Å². The molecule has 0 bridgehead atoms. The monoisotopic (exact) mass is 286 g/mol. The summed E-state index contributed by atoms with van der Waals surface area (Å²) >= 11 is 0. The number of imidazole rings is 1. The summed E-state index contributed by atoms with van der Waals surface area (Å²) in [6.45, 7) is 1.61. The maximum absolute atomic E-state index is 13.8. The molecule has 0 fully saturated rings. The Hall–Kier alpha value is -2.45.